The van der Waals surface area contributed by atoms with Crippen LogP contribution in [-0.4, -0.2) is 41.1 Å². The number of benzene rings is 1. The van der Waals surface area contributed by atoms with Crippen molar-refractivity contribution in [1.29, 1.82) is 0 Å². The molecule has 1 aromatic carbocycles. The third-order valence-corrected chi connectivity index (χ3v) is 5.03. The zero-order valence-corrected chi connectivity index (χ0v) is 14.0. The molecular formula is C14H21ClN2O4S. The first-order valence-electron chi connectivity index (χ1n) is 6.91. The molecule has 0 amide bonds. The SMILES string of the molecule is COC(=O)c1cccc(S(=O)(=O)NCCC2CCNC2)c1.Cl. The van der Waals surface area contributed by atoms with Crippen LogP contribution in [0.3, 0.4) is 0 Å². The van der Waals surface area contributed by atoms with Gasteiger partial charge in [0.1, 0.15) is 0 Å². The molecule has 0 spiro atoms. The highest BCUT2D eigenvalue weighted by Gasteiger charge is 2.18. The number of halogens is 1. The summed E-state index contributed by atoms with van der Waals surface area (Å²) in [4.78, 5) is 11.5. The molecule has 0 saturated carbocycles. The van der Waals surface area contributed by atoms with E-state index in [0.29, 0.717) is 12.5 Å². The average molecular weight is 349 g/mol. The van der Waals surface area contributed by atoms with Crippen molar-refractivity contribution in [3.05, 3.63) is 29.8 Å². The van der Waals surface area contributed by atoms with Gasteiger partial charge in [0.2, 0.25) is 10.0 Å². The molecule has 1 saturated heterocycles. The van der Waals surface area contributed by atoms with Gasteiger partial charge < -0.3 is 10.1 Å². The number of rotatable bonds is 6. The Hall–Kier alpha value is -1.15. The first-order valence-corrected chi connectivity index (χ1v) is 8.40. The van der Waals surface area contributed by atoms with Crippen LogP contribution in [-0.2, 0) is 14.8 Å². The first-order chi connectivity index (χ1) is 10.0. The molecule has 2 rings (SSSR count). The summed E-state index contributed by atoms with van der Waals surface area (Å²) >= 11 is 0. The van der Waals surface area contributed by atoms with Crippen molar-refractivity contribution < 1.29 is 17.9 Å². The van der Waals surface area contributed by atoms with Crippen LogP contribution in [0.4, 0.5) is 0 Å². The molecule has 8 heteroatoms. The molecule has 0 aromatic heterocycles. The molecule has 1 atom stereocenters. The van der Waals surface area contributed by atoms with E-state index >= 15 is 0 Å². The highest BCUT2D eigenvalue weighted by molar-refractivity contribution is 7.89. The quantitative estimate of drug-likeness (QED) is 0.754. The molecule has 1 fully saturated rings. The Labute approximate surface area is 137 Å². The maximum absolute atomic E-state index is 12.2. The van der Waals surface area contributed by atoms with E-state index < -0.39 is 16.0 Å². The summed E-state index contributed by atoms with van der Waals surface area (Å²) in [5, 5.41) is 3.25. The number of ether oxygens (including phenoxy) is 1. The van der Waals surface area contributed by atoms with Crippen molar-refractivity contribution in [3.63, 3.8) is 0 Å². The number of methoxy groups -OCH3 is 1. The summed E-state index contributed by atoms with van der Waals surface area (Å²) in [5.74, 6) is -0.0295. The van der Waals surface area contributed by atoms with Crippen LogP contribution in [0, 0.1) is 5.92 Å². The van der Waals surface area contributed by atoms with Crippen LogP contribution in [0.25, 0.3) is 0 Å². The Bertz CT molecular complexity index is 601. The minimum atomic E-state index is -3.59. The Morgan fingerprint density at radius 2 is 2.23 bits per heavy atom. The maximum Gasteiger partial charge on any atom is 0.337 e. The van der Waals surface area contributed by atoms with E-state index in [1.54, 1.807) is 0 Å². The third kappa shape index (κ3) is 4.95. The van der Waals surface area contributed by atoms with Gasteiger partial charge in [-0.05, 0) is 50.0 Å². The molecule has 6 nitrogen and oxygen atoms in total. The van der Waals surface area contributed by atoms with Gasteiger partial charge in [-0.1, -0.05) is 6.07 Å². The average Bonchev–Trinajstić information content (AvgIpc) is 2.99. The molecule has 22 heavy (non-hydrogen) atoms. The van der Waals surface area contributed by atoms with E-state index in [9.17, 15) is 13.2 Å². The first kappa shape index (κ1) is 18.9. The monoisotopic (exact) mass is 348 g/mol. The van der Waals surface area contributed by atoms with Gasteiger partial charge in [-0.25, -0.2) is 17.9 Å². The topological polar surface area (TPSA) is 84.5 Å². The Morgan fingerprint density at radius 3 is 2.86 bits per heavy atom. The lowest BCUT2D eigenvalue weighted by molar-refractivity contribution is 0.0600. The van der Waals surface area contributed by atoms with Gasteiger partial charge in [0.25, 0.3) is 0 Å². The van der Waals surface area contributed by atoms with E-state index in [2.05, 4.69) is 14.8 Å². The van der Waals surface area contributed by atoms with Crippen molar-refractivity contribution in [2.45, 2.75) is 17.7 Å². The summed E-state index contributed by atoms with van der Waals surface area (Å²) in [6, 6.07) is 5.84. The number of esters is 1. The fourth-order valence-electron chi connectivity index (χ4n) is 2.35. The summed E-state index contributed by atoms with van der Waals surface area (Å²) in [6.07, 6.45) is 1.89. The van der Waals surface area contributed by atoms with E-state index in [-0.39, 0.29) is 22.9 Å². The standard InChI is InChI=1S/C14H20N2O4S.ClH/c1-20-14(17)12-3-2-4-13(9-12)21(18,19)16-8-6-11-5-7-15-10-11;/h2-4,9,11,15-16H,5-8,10H2,1H3;1H. The van der Waals surface area contributed by atoms with Crippen LogP contribution in [0.2, 0.25) is 0 Å². The minimum Gasteiger partial charge on any atom is -0.465 e. The number of hydrogen-bond acceptors (Lipinski definition) is 5. The van der Waals surface area contributed by atoms with Crippen molar-refractivity contribution in [1.82, 2.24) is 10.0 Å². The van der Waals surface area contributed by atoms with Crippen LogP contribution in [0.15, 0.2) is 29.2 Å². The van der Waals surface area contributed by atoms with Crippen molar-refractivity contribution >= 4 is 28.4 Å². The third-order valence-electron chi connectivity index (χ3n) is 3.57. The molecule has 0 aliphatic carbocycles. The van der Waals surface area contributed by atoms with Crippen molar-refractivity contribution in [2.24, 2.45) is 5.92 Å². The Morgan fingerprint density at radius 1 is 1.45 bits per heavy atom. The van der Waals surface area contributed by atoms with Crippen LogP contribution >= 0.6 is 12.4 Å². The molecule has 1 aromatic rings. The summed E-state index contributed by atoms with van der Waals surface area (Å²) in [5.41, 5.74) is 0.223. The number of sulfonamides is 1. The largest absolute Gasteiger partial charge is 0.465 e. The van der Waals surface area contributed by atoms with E-state index in [1.165, 1.54) is 31.4 Å². The smallest absolute Gasteiger partial charge is 0.337 e. The maximum atomic E-state index is 12.2. The second-order valence-electron chi connectivity index (χ2n) is 5.06. The molecule has 124 valence electrons. The fraction of sp³-hybridized carbons (Fsp3) is 0.500. The molecule has 1 aliphatic rings. The van der Waals surface area contributed by atoms with Crippen LogP contribution < -0.4 is 10.0 Å². The lowest BCUT2D eigenvalue weighted by Gasteiger charge is -2.10. The molecule has 0 radical (unpaired) electrons. The number of carbonyl (C=O) groups excluding carboxylic acids is 1. The highest BCUT2D eigenvalue weighted by Crippen LogP contribution is 2.14. The molecule has 0 bridgehead atoms. The van der Waals surface area contributed by atoms with Gasteiger partial charge in [-0.15, -0.1) is 12.4 Å². The predicted octanol–water partition coefficient (Wildman–Crippen LogP) is 1.17. The van der Waals surface area contributed by atoms with Gasteiger partial charge >= 0.3 is 5.97 Å². The lowest BCUT2D eigenvalue weighted by Crippen LogP contribution is -2.26. The number of carbonyl (C=O) groups is 1. The predicted molar refractivity (Wildman–Crippen MR) is 85.8 cm³/mol. The lowest BCUT2D eigenvalue weighted by atomic mass is 10.1. The highest BCUT2D eigenvalue weighted by atomic mass is 35.5. The Kier molecular flexibility index (Phi) is 7.28. The minimum absolute atomic E-state index is 0. The van der Waals surface area contributed by atoms with Crippen LogP contribution in [0.5, 0.6) is 0 Å². The van der Waals surface area contributed by atoms with E-state index in [1.807, 2.05) is 0 Å². The fourth-order valence-corrected chi connectivity index (χ4v) is 3.44. The Balaban J connectivity index is 0.00000242. The van der Waals surface area contributed by atoms with Gasteiger partial charge in [0, 0.05) is 6.54 Å². The van der Waals surface area contributed by atoms with Crippen molar-refractivity contribution in [2.75, 3.05) is 26.7 Å². The molecular weight excluding hydrogens is 328 g/mol. The second-order valence-corrected chi connectivity index (χ2v) is 6.83. The van der Waals surface area contributed by atoms with E-state index in [0.717, 1.165) is 25.9 Å². The van der Waals surface area contributed by atoms with Gasteiger partial charge in [-0.2, -0.15) is 0 Å². The molecule has 1 heterocycles. The van der Waals surface area contributed by atoms with E-state index in [4.69, 9.17) is 0 Å². The van der Waals surface area contributed by atoms with Gasteiger partial charge in [0.15, 0.2) is 0 Å². The van der Waals surface area contributed by atoms with Gasteiger partial charge in [0.05, 0.1) is 17.6 Å². The number of hydrogen-bond donors (Lipinski definition) is 2. The van der Waals surface area contributed by atoms with Crippen LogP contribution in [0.1, 0.15) is 23.2 Å². The molecule has 1 aliphatic heterocycles. The zero-order valence-electron chi connectivity index (χ0n) is 12.4. The number of nitrogens with one attached hydrogen (secondary N) is 2. The zero-order chi connectivity index (χ0) is 15.3. The summed E-state index contributed by atoms with van der Waals surface area (Å²) < 4.78 is 31.6. The second kappa shape index (κ2) is 8.47. The van der Waals surface area contributed by atoms with Crippen molar-refractivity contribution in [3.8, 4) is 0 Å². The summed E-state index contributed by atoms with van der Waals surface area (Å²) in [6.45, 7) is 2.34. The molecule has 1 unspecified atom stereocenters. The van der Waals surface area contributed by atoms with Gasteiger partial charge in [-0.3, -0.25) is 0 Å². The molecule has 2 N–H and O–H groups in total. The summed E-state index contributed by atoms with van der Waals surface area (Å²) in [7, 11) is -2.33. The normalized spacial score (nSPS) is 17.8.